The number of esters is 2. The topological polar surface area (TPSA) is 93.2 Å². The summed E-state index contributed by atoms with van der Waals surface area (Å²) in [7, 11) is 2.71. The van der Waals surface area contributed by atoms with Gasteiger partial charge in [0.2, 0.25) is 11.8 Å². The molecule has 0 heterocycles. The van der Waals surface area contributed by atoms with Crippen LogP contribution in [0.15, 0.2) is 0 Å². The van der Waals surface area contributed by atoms with Crippen LogP contribution in [0, 0.1) is 11.8 Å². The first-order valence-corrected chi connectivity index (χ1v) is 12.5. The molecule has 10 heteroatoms. The molecule has 0 aliphatic rings. The van der Waals surface area contributed by atoms with Crippen LogP contribution in [-0.2, 0) is 28.7 Å². The third-order valence-electron chi connectivity index (χ3n) is 4.33. The van der Waals surface area contributed by atoms with E-state index in [2.05, 4.69) is 9.47 Å². The highest BCUT2D eigenvalue weighted by Crippen LogP contribution is 2.18. The van der Waals surface area contributed by atoms with Crippen molar-refractivity contribution in [2.45, 2.75) is 40.5 Å². The van der Waals surface area contributed by atoms with Gasteiger partial charge in [0.1, 0.15) is 0 Å². The number of amides is 2. The van der Waals surface area contributed by atoms with Gasteiger partial charge in [0.15, 0.2) is 0 Å². The fraction of sp³-hybridized carbons (Fsp3) is 0.800. The monoisotopic (exact) mass is 464 g/mol. The molecule has 0 spiro atoms. The second kappa shape index (κ2) is 16.3. The molecule has 0 radical (unpaired) electrons. The molecule has 0 N–H and O–H groups in total. The number of hydrazine groups is 1. The van der Waals surface area contributed by atoms with Gasteiger partial charge >= 0.3 is 11.9 Å². The van der Waals surface area contributed by atoms with Crippen molar-refractivity contribution in [3.8, 4) is 0 Å². The first-order valence-electron chi connectivity index (χ1n) is 10.1. The minimum Gasteiger partial charge on any atom is -0.469 e. The summed E-state index contributed by atoms with van der Waals surface area (Å²) in [6.45, 7) is 8.16. The second-order valence-corrected chi connectivity index (χ2v) is 9.01. The van der Waals surface area contributed by atoms with E-state index in [1.54, 1.807) is 0 Å². The lowest BCUT2D eigenvalue weighted by Crippen LogP contribution is -2.53. The summed E-state index contributed by atoms with van der Waals surface area (Å²) in [6.07, 6.45) is 0.620. The summed E-state index contributed by atoms with van der Waals surface area (Å²) < 4.78 is 9.22. The van der Waals surface area contributed by atoms with E-state index in [9.17, 15) is 19.2 Å². The zero-order chi connectivity index (χ0) is 23.1. The van der Waals surface area contributed by atoms with Crippen molar-refractivity contribution in [2.75, 3.05) is 50.3 Å². The first kappa shape index (κ1) is 28.6. The molecule has 0 fully saturated rings. The van der Waals surface area contributed by atoms with Crippen LogP contribution in [-0.4, -0.2) is 84.1 Å². The van der Waals surface area contributed by atoms with Gasteiger partial charge in [0.05, 0.1) is 27.1 Å². The van der Waals surface area contributed by atoms with Crippen molar-refractivity contribution < 1.29 is 28.7 Å². The summed E-state index contributed by atoms with van der Waals surface area (Å²) in [6, 6.07) is 0. The normalized spacial score (nSPS) is 12.6. The van der Waals surface area contributed by atoms with Crippen molar-refractivity contribution in [3.63, 3.8) is 0 Å². The van der Waals surface area contributed by atoms with Crippen LogP contribution in [0.4, 0.5) is 0 Å². The Labute approximate surface area is 188 Å². The molecule has 8 nitrogen and oxygen atoms in total. The highest BCUT2D eigenvalue weighted by Gasteiger charge is 2.29. The minimum absolute atomic E-state index is 0.108. The second-order valence-electron chi connectivity index (χ2n) is 6.71. The van der Waals surface area contributed by atoms with Crippen molar-refractivity contribution in [1.29, 1.82) is 0 Å². The van der Waals surface area contributed by atoms with E-state index in [0.29, 0.717) is 48.9 Å². The molecule has 0 aromatic rings. The molecule has 0 aliphatic carbocycles. The third kappa shape index (κ3) is 10.6. The van der Waals surface area contributed by atoms with Crippen molar-refractivity contribution in [2.24, 2.45) is 11.8 Å². The van der Waals surface area contributed by atoms with Crippen LogP contribution in [0.25, 0.3) is 0 Å². The summed E-state index contributed by atoms with van der Waals surface area (Å²) in [5, 5.41) is 3.03. The van der Waals surface area contributed by atoms with Gasteiger partial charge in [-0.25, -0.2) is 0 Å². The van der Waals surface area contributed by atoms with Gasteiger partial charge in [-0.3, -0.25) is 29.2 Å². The average Bonchev–Trinajstić information content (AvgIpc) is 2.75. The fourth-order valence-corrected chi connectivity index (χ4v) is 4.53. The molecule has 0 rings (SSSR count). The van der Waals surface area contributed by atoms with Gasteiger partial charge in [-0.05, 0) is 13.8 Å². The summed E-state index contributed by atoms with van der Waals surface area (Å²) in [4.78, 5) is 48.2. The Balaban J connectivity index is 4.71. The predicted molar refractivity (Wildman–Crippen MR) is 121 cm³/mol. The molecule has 0 saturated carbocycles. The van der Waals surface area contributed by atoms with Crippen molar-refractivity contribution in [3.05, 3.63) is 0 Å². The van der Waals surface area contributed by atoms with Gasteiger partial charge < -0.3 is 9.47 Å². The zero-order valence-corrected chi connectivity index (χ0v) is 20.6. The number of thioether (sulfide) groups is 2. The standard InChI is InChI=1S/C20H36N2O6S2/c1-7-21(19(25)15(3)13-29-11-9-17(23)27-5)22(8-2)20(26)16(4)14-30-12-10-18(24)28-6/h15-16H,7-14H2,1-6H3. The molecule has 2 atom stereocenters. The lowest BCUT2D eigenvalue weighted by molar-refractivity contribution is -0.167. The van der Waals surface area contributed by atoms with Gasteiger partial charge in [-0.2, -0.15) is 23.5 Å². The Kier molecular flexibility index (Phi) is 15.5. The van der Waals surface area contributed by atoms with Gasteiger partial charge in [-0.15, -0.1) is 0 Å². The Bertz CT molecular complexity index is 513. The molecule has 0 saturated heterocycles. The molecule has 2 unspecified atom stereocenters. The third-order valence-corrected chi connectivity index (χ3v) is 6.79. The Hall–Kier alpha value is -1.42. The highest BCUT2D eigenvalue weighted by atomic mass is 32.2. The molecule has 0 aliphatic heterocycles. The Morgan fingerprint density at radius 3 is 1.33 bits per heavy atom. The maximum absolute atomic E-state index is 12.9. The molecule has 30 heavy (non-hydrogen) atoms. The van der Waals surface area contributed by atoms with E-state index in [4.69, 9.17) is 0 Å². The van der Waals surface area contributed by atoms with Crippen LogP contribution in [0.5, 0.6) is 0 Å². The summed E-state index contributed by atoms with van der Waals surface area (Å²) in [5.41, 5.74) is 0. The smallest absolute Gasteiger partial charge is 0.306 e. The van der Waals surface area contributed by atoms with Gasteiger partial charge in [-0.1, -0.05) is 13.8 Å². The number of methoxy groups -OCH3 is 2. The molecule has 0 aromatic carbocycles. The quantitative estimate of drug-likeness (QED) is 0.220. The van der Waals surface area contributed by atoms with E-state index in [1.165, 1.54) is 47.8 Å². The number of hydrogen-bond donors (Lipinski definition) is 0. The maximum Gasteiger partial charge on any atom is 0.306 e. The van der Waals surface area contributed by atoms with Crippen LogP contribution in [0.3, 0.4) is 0 Å². The molecular weight excluding hydrogens is 428 g/mol. The summed E-state index contributed by atoms with van der Waals surface area (Å²) in [5.74, 6) is 1.01. The molecule has 0 bridgehead atoms. The Morgan fingerprint density at radius 2 is 1.07 bits per heavy atom. The maximum atomic E-state index is 12.9. The number of ether oxygens (including phenoxy) is 2. The van der Waals surface area contributed by atoms with Crippen LogP contribution in [0.1, 0.15) is 40.5 Å². The molecule has 0 aromatic heterocycles. The molecule has 2 amide bonds. The first-order chi connectivity index (χ1) is 14.2. The fourth-order valence-electron chi connectivity index (χ4n) is 2.58. The predicted octanol–water partition coefficient (Wildman–Crippen LogP) is 2.46. The number of hydrogen-bond acceptors (Lipinski definition) is 8. The lowest BCUT2D eigenvalue weighted by Gasteiger charge is -2.36. The van der Waals surface area contributed by atoms with Crippen LogP contribution < -0.4 is 0 Å². The minimum atomic E-state index is -0.279. The largest absolute Gasteiger partial charge is 0.469 e. The van der Waals surface area contributed by atoms with Gasteiger partial charge in [0.25, 0.3) is 0 Å². The van der Waals surface area contributed by atoms with E-state index in [1.807, 2.05) is 27.7 Å². The van der Waals surface area contributed by atoms with E-state index in [-0.39, 0.29) is 35.6 Å². The Morgan fingerprint density at radius 1 is 0.733 bits per heavy atom. The van der Waals surface area contributed by atoms with Gasteiger partial charge in [0, 0.05) is 47.9 Å². The molecular formula is C20H36N2O6S2. The van der Waals surface area contributed by atoms with Crippen molar-refractivity contribution >= 4 is 47.3 Å². The van der Waals surface area contributed by atoms with Crippen LogP contribution >= 0.6 is 23.5 Å². The number of rotatable bonds is 14. The van der Waals surface area contributed by atoms with E-state index < -0.39 is 0 Å². The number of carbonyl (C=O) groups excluding carboxylic acids is 4. The van der Waals surface area contributed by atoms with E-state index in [0.717, 1.165) is 0 Å². The van der Waals surface area contributed by atoms with Crippen molar-refractivity contribution in [1.82, 2.24) is 10.0 Å². The number of nitrogens with zero attached hydrogens (tertiary/aromatic N) is 2. The average molecular weight is 465 g/mol. The van der Waals surface area contributed by atoms with Crippen LogP contribution in [0.2, 0.25) is 0 Å². The highest BCUT2D eigenvalue weighted by molar-refractivity contribution is 7.99. The summed E-state index contributed by atoms with van der Waals surface area (Å²) >= 11 is 3.04. The zero-order valence-electron chi connectivity index (χ0n) is 19.0. The SMILES string of the molecule is CCN(C(=O)C(C)CSCCC(=O)OC)N(CC)C(=O)C(C)CSCCC(=O)OC. The van der Waals surface area contributed by atoms with E-state index >= 15 is 0 Å². The number of carbonyl (C=O) groups is 4. The lowest BCUT2D eigenvalue weighted by atomic mass is 10.2. The molecule has 174 valence electrons.